The molecule has 0 spiro atoms. The number of likely N-dealkylation sites (tertiary alicyclic amines) is 1. The first-order valence-electron chi connectivity index (χ1n) is 9.32. The average Bonchev–Trinajstić information content (AvgIpc) is 3.39. The van der Waals surface area contributed by atoms with Crippen LogP contribution in [0.25, 0.3) is 0 Å². The van der Waals surface area contributed by atoms with Crippen LogP contribution in [0, 0.1) is 0 Å². The van der Waals surface area contributed by atoms with Crippen LogP contribution < -0.4 is 5.32 Å². The Labute approximate surface area is 158 Å². The molecule has 2 aromatic heterocycles. The largest absolute Gasteiger partial charge is 0.350 e. The lowest BCUT2D eigenvalue weighted by molar-refractivity contribution is -0.132. The molecule has 1 N–H and O–H groups in total. The van der Waals surface area contributed by atoms with E-state index in [-0.39, 0.29) is 17.9 Å². The van der Waals surface area contributed by atoms with Crippen LogP contribution in [0.5, 0.6) is 0 Å². The molecule has 6 nitrogen and oxygen atoms in total. The zero-order valence-electron chi connectivity index (χ0n) is 15.2. The van der Waals surface area contributed by atoms with E-state index in [0.29, 0.717) is 24.4 Å². The number of hydrogen-bond donors (Lipinski definition) is 1. The second-order valence-electron chi connectivity index (χ2n) is 6.61. The molecule has 0 aromatic carbocycles. The van der Waals surface area contributed by atoms with Gasteiger partial charge in [0, 0.05) is 43.3 Å². The zero-order chi connectivity index (χ0) is 18.4. The molecule has 1 fully saturated rings. The van der Waals surface area contributed by atoms with E-state index in [0.717, 1.165) is 37.1 Å². The van der Waals surface area contributed by atoms with Gasteiger partial charge in [0.2, 0.25) is 5.91 Å². The van der Waals surface area contributed by atoms with E-state index >= 15 is 0 Å². The number of nitrogens with one attached hydrogen (secondary N) is 1. The van der Waals surface area contributed by atoms with Gasteiger partial charge >= 0.3 is 0 Å². The van der Waals surface area contributed by atoms with Gasteiger partial charge in [-0.2, -0.15) is 0 Å². The summed E-state index contributed by atoms with van der Waals surface area (Å²) in [4.78, 5) is 32.6. The second kappa shape index (κ2) is 8.98. The van der Waals surface area contributed by atoms with Crippen molar-refractivity contribution >= 4 is 23.2 Å². The van der Waals surface area contributed by atoms with Crippen LogP contribution in [0.1, 0.15) is 59.6 Å². The van der Waals surface area contributed by atoms with Gasteiger partial charge < -0.3 is 14.8 Å². The molecule has 1 unspecified atom stereocenters. The summed E-state index contributed by atoms with van der Waals surface area (Å²) in [6.45, 7) is 4.20. The van der Waals surface area contributed by atoms with E-state index in [2.05, 4.69) is 17.2 Å². The highest BCUT2D eigenvalue weighted by Crippen LogP contribution is 2.36. The molecule has 3 heterocycles. The van der Waals surface area contributed by atoms with E-state index in [9.17, 15) is 9.59 Å². The summed E-state index contributed by atoms with van der Waals surface area (Å²) in [5, 5.41) is 2.95. The molecular weight excluding hydrogens is 348 g/mol. The lowest BCUT2D eigenvalue weighted by Gasteiger charge is -2.24. The molecule has 1 atom stereocenters. The Morgan fingerprint density at radius 1 is 1.38 bits per heavy atom. The van der Waals surface area contributed by atoms with Crippen molar-refractivity contribution < 1.29 is 9.59 Å². The molecule has 0 saturated carbocycles. The number of rotatable bonds is 8. The number of imidazole rings is 1. The highest BCUT2D eigenvalue weighted by molar-refractivity contribution is 7.14. The van der Waals surface area contributed by atoms with E-state index in [1.807, 2.05) is 27.8 Å². The molecule has 2 amide bonds. The summed E-state index contributed by atoms with van der Waals surface area (Å²) in [7, 11) is 0. The summed E-state index contributed by atoms with van der Waals surface area (Å²) in [6, 6.07) is 4.02. The smallest absolute Gasteiger partial charge is 0.261 e. The van der Waals surface area contributed by atoms with Crippen LogP contribution in [0.3, 0.4) is 0 Å². The predicted molar refractivity (Wildman–Crippen MR) is 102 cm³/mol. The third-order valence-electron chi connectivity index (χ3n) is 4.71. The van der Waals surface area contributed by atoms with Gasteiger partial charge in [0.25, 0.3) is 5.91 Å². The fourth-order valence-electron chi connectivity index (χ4n) is 3.29. The fraction of sp³-hybridized carbons (Fsp3) is 0.526. The SMILES string of the molecule is CCCCC(=O)N1CCCC1c1ccc(C(=O)NCCn2ccnc2)s1. The average molecular weight is 375 g/mol. The van der Waals surface area contributed by atoms with E-state index in [1.54, 1.807) is 12.5 Å². The highest BCUT2D eigenvalue weighted by Gasteiger charge is 2.30. The molecule has 140 valence electrons. The quantitative estimate of drug-likeness (QED) is 0.771. The first-order chi connectivity index (χ1) is 12.7. The molecular formula is C19H26N4O2S. The van der Waals surface area contributed by atoms with Gasteiger partial charge in [-0.3, -0.25) is 9.59 Å². The lowest BCUT2D eigenvalue weighted by atomic mass is 10.1. The minimum atomic E-state index is -0.0526. The number of nitrogens with zero attached hydrogens (tertiary/aromatic N) is 3. The fourth-order valence-corrected chi connectivity index (χ4v) is 4.36. The molecule has 1 saturated heterocycles. The topological polar surface area (TPSA) is 67.2 Å². The Bertz CT molecular complexity index is 726. The minimum Gasteiger partial charge on any atom is -0.350 e. The van der Waals surface area contributed by atoms with Crippen molar-refractivity contribution in [2.75, 3.05) is 13.1 Å². The maximum Gasteiger partial charge on any atom is 0.261 e. The first kappa shape index (κ1) is 18.6. The Kier molecular flexibility index (Phi) is 6.44. The normalized spacial score (nSPS) is 16.8. The number of carbonyl (C=O) groups excluding carboxylic acids is 2. The molecule has 0 radical (unpaired) electrons. The molecule has 0 bridgehead atoms. The van der Waals surface area contributed by atoms with Crippen LogP contribution in [-0.2, 0) is 11.3 Å². The third-order valence-corrected chi connectivity index (χ3v) is 5.90. The van der Waals surface area contributed by atoms with Gasteiger partial charge in [0.1, 0.15) is 0 Å². The van der Waals surface area contributed by atoms with Gasteiger partial charge in [-0.05, 0) is 31.4 Å². The molecule has 1 aliphatic heterocycles. The van der Waals surface area contributed by atoms with Crippen molar-refractivity contribution in [3.63, 3.8) is 0 Å². The van der Waals surface area contributed by atoms with Crippen molar-refractivity contribution in [1.29, 1.82) is 0 Å². The third kappa shape index (κ3) is 4.52. The summed E-state index contributed by atoms with van der Waals surface area (Å²) < 4.78 is 1.93. The Morgan fingerprint density at radius 2 is 2.27 bits per heavy atom. The molecule has 26 heavy (non-hydrogen) atoms. The minimum absolute atomic E-state index is 0.0526. The van der Waals surface area contributed by atoms with Gasteiger partial charge in [-0.1, -0.05) is 13.3 Å². The summed E-state index contributed by atoms with van der Waals surface area (Å²) in [5.41, 5.74) is 0. The monoisotopic (exact) mass is 374 g/mol. The van der Waals surface area contributed by atoms with Crippen LogP contribution in [0.15, 0.2) is 30.9 Å². The van der Waals surface area contributed by atoms with E-state index in [1.165, 1.54) is 11.3 Å². The number of amides is 2. The Hall–Kier alpha value is -2.15. The van der Waals surface area contributed by atoms with E-state index < -0.39 is 0 Å². The van der Waals surface area contributed by atoms with Crippen LogP contribution >= 0.6 is 11.3 Å². The van der Waals surface area contributed by atoms with Crippen molar-refractivity contribution in [2.45, 2.75) is 51.6 Å². The van der Waals surface area contributed by atoms with Crippen molar-refractivity contribution in [3.05, 3.63) is 40.6 Å². The number of carbonyl (C=O) groups is 2. The van der Waals surface area contributed by atoms with Crippen molar-refractivity contribution in [1.82, 2.24) is 19.8 Å². The van der Waals surface area contributed by atoms with Crippen molar-refractivity contribution in [2.24, 2.45) is 0 Å². The molecule has 3 rings (SSSR count). The molecule has 7 heteroatoms. The summed E-state index contributed by atoms with van der Waals surface area (Å²) in [5.74, 6) is 0.192. The lowest BCUT2D eigenvalue weighted by Crippen LogP contribution is -2.29. The van der Waals surface area contributed by atoms with Crippen LogP contribution in [0.4, 0.5) is 0 Å². The number of unbranched alkanes of at least 4 members (excludes halogenated alkanes) is 1. The molecule has 1 aliphatic rings. The maximum absolute atomic E-state index is 12.4. The zero-order valence-corrected chi connectivity index (χ0v) is 16.0. The predicted octanol–water partition coefficient (Wildman–Crippen LogP) is 3.23. The summed E-state index contributed by atoms with van der Waals surface area (Å²) >= 11 is 1.51. The van der Waals surface area contributed by atoms with Gasteiger partial charge in [0.05, 0.1) is 17.2 Å². The van der Waals surface area contributed by atoms with E-state index in [4.69, 9.17) is 0 Å². The number of hydrogen-bond acceptors (Lipinski definition) is 4. The molecule has 0 aliphatic carbocycles. The van der Waals surface area contributed by atoms with Gasteiger partial charge in [-0.25, -0.2) is 4.98 Å². The van der Waals surface area contributed by atoms with Gasteiger partial charge in [0.15, 0.2) is 0 Å². The first-order valence-corrected chi connectivity index (χ1v) is 10.1. The second-order valence-corrected chi connectivity index (χ2v) is 7.72. The standard InChI is InChI=1S/C19H26N4O2S/c1-2-3-6-18(24)23-11-4-5-15(23)16-7-8-17(26-16)19(25)21-10-13-22-12-9-20-14-22/h7-9,12,14-15H,2-6,10-11,13H2,1H3,(H,21,25). The molecule has 2 aromatic rings. The number of aromatic nitrogens is 2. The Balaban J connectivity index is 1.56. The van der Waals surface area contributed by atoms with Crippen LogP contribution in [0.2, 0.25) is 0 Å². The summed E-state index contributed by atoms with van der Waals surface area (Å²) in [6.07, 6.45) is 9.96. The van der Waals surface area contributed by atoms with Crippen molar-refractivity contribution in [3.8, 4) is 0 Å². The maximum atomic E-state index is 12.4. The Morgan fingerprint density at radius 3 is 3.04 bits per heavy atom. The van der Waals surface area contributed by atoms with Gasteiger partial charge in [-0.15, -0.1) is 11.3 Å². The number of thiophene rings is 1. The highest BCUT2D eigenvalue weighted by atomic mass is 32.1. The van der Waals surface area contributed by atoms with Crippen LogP contribution in [-0.4, -0.2) is 39.4 Å².